The Hall–Kier alpha value is -4.44. The van der Waals surface area contributed by atoms with Gasteiger partial charge in [0.1, 0.15) is 0 Å². The zero-order valence-electron chi connectivity index (χ0n) is 17.2. The van der Waals surface area contributed by atoms with Crippen molar-refractivity contribution in [2.24, 2.45) is 0 Å². The molecule has 0 amide bonds. The van der Waals surface area contributed by atoms with Gasteiger partial charge in [0.2, 0.25) is 11.4 Å². The highest BCUT2D eigenvalue weighted by Gasteiger charge is 2.13. The quantitative estimate of drug-likeness (QED) is 0.300. The van der Waals surface area contributed by atoms with Crippen LogP contribution in [0.1, 0.15) is 0 Å². The van der Waals surface area contributed by atoms with Crippen LogP contribution >= 0.6 is 0 Å². The number of aromatic nitrogens is 2. The van der Waals surface area contributed by atoms with E-state index in [1.165, 1.54) is 0 Å². The maximum atomic E-state index is 5.76. The van der Waals surface area contributed by atoms with Gasteiger partial charge < -0.3 is 9.32 Å². The van der Waals surface area contributed by atoms with Crippen molar-refractivity contribution in [1.82, 2.24) is 9.97 Å². The van der Waals surface area contributed by atoms with Crippen molar-refractivity contribution in [3.8, 4) is 11.1 Å². The second-order valence-corrected chi connectivity index (χ2v) is 7.59. The third kappa shape index (κ3) is 3.19. The van der Waals surface area contributed by atoms with E-state index < -0.39 is 0 Å². The summed E-state index contributed by atoms with van der Waals surface area (Å²) in [6.45, 7) is 0. The molecule has 3 heterocycles. The van der Waals surface area contributed by atoms with Crippen LogP contribution in [0.15, 0.2) is 120 Å². The Labute approximate surface area is 185 Å². The van der Waals surface area contributed by atoms with Gasteiger partial charge in [-0.3, -0.25) is 0 Å². The van der Waals surface area contributed by atoms with Crippen molar-refractivity contribution in [3.63, 3.8) is 0 Å². The van der Waals surface area contributed by atoms with Gasteiger partial charge in [-0.05, 0) is 60.2 Å². The Balaban J connectivity index is 1.41. The number of hydrogen-bond acceptors (Lipinski definition) is 4. The van der Waals surface area contributed by atoms with E-state index in [9.17, 15) is 0 Å². The molecule has 0 unspecified atom stereocenters. The zero-order chi connectivity index (χ0) is 21.3. The molecule has 0 spiro atoms. The predicted octanol–water partition coefficient (Wildman–Crippen LogP) is 7.51. The van der Waals surface area contributed by atoms with E-state index in [1.54, 1.807) is 6.20 Å². The first-order valence-electron chi connectivity index (χ1n) is 10.5. The summed E-state index contributed by atoms with van der Waals surface area (Å²) in [5.41, 5.74) is 6.70. The summed E-state index contributed by atoms with van der Waals surface area (Å²) in [6.07, 6.45) is 3.58. The molecule has 3 aromatic carbocycles. The molecule has 0 fully saturated rings. The molecule has 0 aliphatic heterocycles. The minimum absolute atomic E-state index is 0.610. The third-order valence-electron chi connectivity index (χ3n) is 5.59. The summed E-state index contributed by atoms with van der Waals surface area (Å²) in [6, 6.07) is 35.4. The summed E-state index contributed by atoms with van der Waals surface area (Å²) in [7, 11) is 0. The van der Waals surface area contributed by atoms with Crippen LogP contribution in [0.25, 0.3) is 33.3 Å². The van der Waals surface area contributed by atoms with Gasteiger partial charge in [-0.25, -0.2) is 9.97 Å². The van der Waals surface area contributed by atoms with E-state index >= 15 is 0 Å². The first kappa shape index (κ1) is 18.3. The summed E-state index contributed by atoms with van der Waals surface area (Å²) in [4.78, 5) is 11.1. The molecule has 3 aromatic heterocycles. The van der Waals surface area contributed by atoms with Crippen LogP contribution < -0.4 is 4.90 Å². The van der Waals surface area contributed by atoms with Gasteiger partial charge in [0, 0.05) is 40.4 Å². The fourth-order valence-electron chi connectivity index (χ4n) is 4.06. The largest absolute Gasteiger partial charge is 0.419 e. The number of rotatable bonds is 4. The molecule has 0 aliphatic carbocycles. The van der Waals surface area contributed by atoms with Gasteiger partial charge in [0.15, 0.2) is 0 Å². The maximum absolute atomic E-state index is 5.76. The molecule has 0 atom stereocenters. The number of para-hydroxylation sites is 2. The molecule has 0 N–H and O–H groups in total. The Morgan fingerprint density at radius 2 is 1.16 bits per heavy atom. The van der Waals surface area contributed by atoms with Gasteiger partial charge in [-0.1, -0.05) is 48.5 Å². The monoisotopic (exact) mass is 413 g/mol. The molecular weight excluding hydrogens is 394 g/mol. The lowest BCUT2D eigenvalue weighted by atomic mass is 10.0. The molecule has 6 aromatic rings. The lowest BCUT2D eigenvalue weighted by Crippen LogP contribution is -2.09. The topological polar surface area (TPSA) is 42.2 Å². The van der Waals surface area contributed by atoms with Crippen LogP contribution in [-0.4, -0.2) is 9.97 Å². The number of nitrogens with zero attached hydrogens (tertiary/aromatic N) is 3. The van der Waals surface area contributed by atoms with Crippen molar-refractivity contribution in [2.45, 2.75) is 0 Å². The van der Waals surface area contributed by atoms with E-state index in [-0.39, 0.29) is 0 Å². The number of hydrogen-bond donors (Lipinski definition) is 0. The van der Waals surface area contributed by atoms with Crippen molar-refractivity contribution in [3.05, 3.63) is 116 Å². The molecular formula is C28H19N3O. The molecule has 0 radical (unpaired) electrons. The lowest BCUT2D eigenvalue weighted by Gasteiger charge is -2.25. The SMILES string of the molecule is c1ccc(N(c2ccccc2)c2ccc(-c3cnc4oc5ncccc5c4c3)cc2)cc1. The number of benzene rings is 3. The van der Waals surface area contributed by atoms with E-state index in [1.807, 2.05) is 30.5 Å². The minimum Gasteiger partial charge on any atom is -0.419 e. The van der Waals surface area contributed by atoms with E-state index in [0.717, 1.165) is 39.0 Å². The van der Waals surface area contributed by atoms with Crippen molar-refractivity contribution >= 4 is 39.3 Å². The smallest absolute Gasteiger partial charge is 0.229 e. The van der Waals surface area contributed by atoms with Crippen LogP contribution in [0.2, 0.25) is 0 Å². The second-order valence-electron chi connectivity index (χ2n) is 7.59. The third-order valence-corrected chi connectivity index (χ3v) is 5.59. The highest BCUT2D eigenvalue weighted by Crippen LogP contribution is 2.36. The Morgan fingerprint density at radius 3 is 1.84 bits per heavy atom. The predicted molar refractivity (Wildman–Crippen MR) is 129 cm³/mol. The van der Waals surface area contributed by atoms with E-state index in [2.05, 4.69) is 93.7 Å². The normalized spacial score (nSPS) is 11.1. The van der Waals surface area contributed by atoms with Gasteiger partial charge in [0.05, 0.1) is 5.39 Å². The van der Waals surface area contributed by atoms with Gasteiger partial charge in [0.25, 0.3) is 0 Å². The Bertz CT molecular complexity index is 1470. The van der Waals surface area contributed by atoms with Crippen molar-refractivity contribution in [1.29, 1.82) is 0 Å². The van der Waals surface area contributed by atoms with E-state index in [4.69, 9.17) is 4.42 Å². The van der Waals surface area contributed by atoms with Gasteiger partial charge >= 0.3 is 0 Å². The summed E-state index contributed by atoms with van der Waals surface area (Å²) in [5, 5.41) is 1.96. The van der Waals surface area contributed by atoms with Gasteiger partial charge in [-0.15, -0.1) is 0 Å². The average Bonchev–Trinajstić information content (AvgIpc) is 3.24. The number of fused-ring (bicyclic) bond motifs is 3. The molecule has 4 nitrogen and oxygen atoms in total. The highest BCUT2D eigenvalue weighted by molar-refractivity contribution is 6.03. The van der Waals surface area contributed by atoms with Crippen LogP contribution in [0, 0.1) is 0 Å². The second kappa shape index (κ2) is 7.67. The number of anilines is 3. The molecule has 0 saturated heterocycles. The maximum Gasteiger partial charge on any atom is 0.229 e. The van der Waals surface area contributed by atoms with Gasteiger partial charge in [-0.2, -0.15) is 0 Å². The first-order chi connectivity index (χ1) is 15.9. The fraction of sp³-hybridized carbons (Fsp3) is 0. The molecule has 4 heteroatoms. The van der Waals surface area contributed by atoms with Crippen molar-refractivity contribution in [2.75, 3.05) is 4.90 Å². The number of furan rings is 1. The van der Waals surface area contributed by atoms with Crippen LogP contribution in [0.5, 0.6) is 0 Å². The number of pyridine rings is 2. The highest BCUT2D eigenvalue weighted by atomic mass is 16.3. The molecule has 0 saturated carbocycles. The first-order valence-corrected chi connectivity index (χ1v) is 10.5. The fourth-order valence-corrected chi connectivity index (χ4v) is 4.06. The minimum atomic E-state index is 0.610. The molecule has 32 heavy (non-hydrogen) atoms. The molecule has 152 valence electrons. The van der Waals surface area contributed by atoms with Crippen LogP contribution in [0.4, 0.5) is 17.1 Å². The molecule has 0 bridgehead atoms. The van der Waals surface area contributed by atoms with Crippen molar-refractivity contribution < 1.29 is 4.42 Å². The summed E-state index contributed by atoms with van der Waals surface area (Å²) in [5.74, 6) is 0. The Morgan fingerprint density at radius 1 is 0.531 bits per heavy atom. The summed E-state index contributed by atoms with van der Waals surface area (Å²) < 4.78 is 5.76. The standard InChI is InChI=1S/C28H19N3O/c1-3-8-22(9-4-1)31(23-10-5-2-6-11-23)24-15-13-20(14-16-24)21-18-26-25-12-7-17-29-27(25)32-28(26)30-19-21/h1-19H. The Kier molecular flexibility index (Phi) is 4.40. The lowest BCUT2D eigenvalue weighted by molar-refractivity contribution is 0.640. The van der Waals surface area contributed by atoms with Crippen LogP contribution in [0.3, 0.4) is 0 Å². The average molecular weight is 413 g/mol. The van der Waals surface area contributed by atoms with Crippen LogP contribution in [-0.2, 0) is 0 Å². The zero-order valence-corrected chi connectivity index (χ0v) is 17.2. The molecule has 6 rings (SSSR count). The van der Waals surface area contributed by atoms with E-state index in [0.29, 0.717) is 11.4 Å². The summed E-state index contributed by atoms with van der Waals surface area (Å²) >= 11 is 0. The molecule has 0 aliphatic rings.